The summed E-state index contributed by atoms with van der Waals surface area (Å²) < 4.78 is 2.99. The van der Waals surface area contributed by atoms with Crippen molar-refractivity contribution in [2.75, 3.05) is 10.6 Å². The molecule has 1 aromatic carbocycles. The third-order valence-corrected chi connectivity index (χ3v) is 7.23. The van der Waals surface area contributed by atoms with Crippen LogP contribution in [0.3, 0.4) is 0 Å². The number of aliphatic hydroxyl groups is 1. The normalized spacial score (nSPS) is 18.1. The first-order chi connectivity index (χ1) is 17.2. The van der Waals surface area contributed by atoms with Crippen LogP contribution in [0.1, 0.15) is 31.2 Å². The summed E-state index contributed by atoms with van der Waals surface area (Å²) in [5.74, 6) is 1.56. The van der Waals surface area contributed by atoms with Crippen LogP contribution in [0.2, 0.25) is 0 Å². The third-order valence-electron chi connectivity index (χ3n) is 6.29. The predicted octanol–water partition coefficient (Wildman–Crippen LogP) is 4.79. The number of hydrogen-bond acceptors (Lipinski definition) is 8. The van der Waals surface area contributed by atoms with E-state index in [0.29, 0.717) is 12.6 Å². The van der Waals surface area contributed by atoms with Gasteiger partial charge in [-0.25, -0.2) is 9.97 Å². The molecule has 0 radical (unpaired) electrons. The molecule has 0 aliphatic heterocycles. The average molecular weight is 487 g/mol. The van der Waals surface area contributed by atoms with Crippen molar-refractivity contribution >= 4 is 38.3 Å². The number of hydrogen-bond donors (Lipinski definition) is 4. The number of benzene rings is 1. The zero-order valence-electron chi connectivity index (χ0n) is 19.1. The Morgan fingerprint density at radius 1 is 1.06 bits per heavy atom. The molecule has 1 aliphatic rings. The highest BCUT2D eigenvalue weighted by Gasteiger charge is 2.20. The van der Waals surface area contributed by atoms with Gasteiger partial charge in [-0.3, -0.25) is 9.78 Å². The summed E-state index contributed by atoms with van der Waals surface area (Å²) in [7, 11) is 0. The average Bonchev–Trinajstić information content (AvgIpc) is 3.62. The SMILES string of the molecule is O[C@H]1CC[C@H](Nc2cc(Cn3cccn3)cc(Nc3nc4ccc(-c5cn[nH]c5)cc4s3)n2)CC1. The van der Waals surface area contributed by atoms with Crippen LogP contribution in [0.15, 0.2) is 61.2 Å². The molecule has 0 saturated heterocycles. The van der Waals surface area contributed by atoms with Gasteiger partial charge in [0.25, 0.3) is 0 Å². The van der Waals surface area contributed by atoms with Crippen molar-refractivity contribution in [3.8, 4) is 11.1 Å². The lowest BCUT2D eigenvalue weighted by Crippen LogP contribution is -2.28. The molecule has 35 heavy (non-hydrogen) atoms. The predicted molar refractivity (Wildman–Crippen MR) is 138 cm³/mol. The molecule has 9 nitrogen and oxygen atoms in total. The van der Waals surface area contributed by atoms with Gasteiger partial charge >= 0.3 is 0 Å². The summed E-state index contributed by atoms with van der Waals surface area (Å²) in [4.78, 5) is 9.61. The van der Waals surface area contributed by atoms with Crippen LogP contribution in [0, 0.1) is 0 Å². The minimum Gasteiger partial charge on any atom is -0.393 e. The molecule has 0 bridgehead atoms. The molecule has 6 rings (SSSR count). The van der Waals surface area contributed by atoms with E-state index in [4.69, 9.17) is 9.97 Å². The van der Waals surface area contributed by atoms with Gasteiger partial charge in [-0.1, -0.05) is 17.4 Å². The van der Waals surface area contributed by atoms with Crippen molar-refractivity contribution in [1.82, 2.24) is 29.9 Å². The Kier molecular flexibility index (Phi) is 5.89. The van der Waals surface area contributed by atoms with Crippen molar-refractivity contribution in [1.29, 1.82) is 0 Å². The Labute approximate surface area is 206 Å². The number of pyridine rings is 1. The molecule has 4 aromatic heterocycles. The third kappa shape index (κ3) is 5.03. The monoisotopic (exact) mass is 486 g/mol. The molecular formula is C25H26N8OS. The number of nitrogens with zero attached hydrogens (tertiary/aromatic N) is 5. The molecule has 4 N–H and O–H groups in total. The minimum atomic E-state index is -0.183. The first kappa shape index (κ1) is 21.8. The molecule has 1 aliphatic carbocycles. The van der Waals surface area contributed by atoms with E-state index in [-0.39, 0.29) is 6.10 Å². The molecule has 0 atom stereocenters. The van der Waals surface area contributed by atoms with Crippen molar-refractivity contribution in [2.24, 2.45) is 0 Å². The number of anilines is 3. The quantitative estimate of drug-likeness (QED) is 0.261. The van der Waals surface area contributed by atoms with Crippen LogP contribution < -0.4 is 10.6 Å². The van der Waals surface area contributed by atoms with Crippen LogP contribution in [-0.4, -0.2) is 47.2 Å². The maximum absolute atomic E-state index is 9.85. The van der Waals surface area contributed by atoms with Gasteiger partial charge in [-0.15, -0.1) is 0 Å². The van der Waals surface area contributed by atoms with Crippen LogP contribution in [0.5, 0.6) is 0 Å². The molecule has 0 amide bonds. The molecule has 5 aromatic rings. The second kappa shape index (κ2) is 9.47. The standard InChI is InChI=1S/C25H26N8OS/c34-20-5-3-19(4-6-20)29-23-10-16(15-33-9-1-8-28-33)11-24(31-23)32-25-30-21-7-2-17(12-22(21)35-25)18-13-26-27-14-18/h1-2,7-14,19-20,34H,3-6,15H2,(H,26,27)(H2,29,30,31,32)/t19-,20-. The van der Waals surface area contributed by atoms with Gasteiger partial charge in [-0.05, 0) is 67.1 Å². The number of thiazole rings is 1. The summed E-state index contributed by atoms with van der Waals surface area (Å²) in [5, 5.41) is 28.9. The zero-order valence-corrected chi connectivity index (χ0v) is 19.9. The number of fused-ring (bicyclic) bond motifs is 1. The number of aromatic nitrogens is 6. The topological polar surface area (TPSA) is 117 Å². The second-order valence-corrected chi connectivity index (χ2v) is 9.94. The number of aromatic amines is 1. The summed E-state index contributed by atoms with van der Waals surface area (Å²) >= 11 is 1.60. The minimum absolute atomic E-state index is 0.183. The van der Waals surface area contributed by atoms with E-state index in [9.17, 15) is 5.11 Å². The Morgan fingerprint density at radius 2 is 1.94 bits per heavy atom. The van der Waals surface area contributed by atoms with Crippen molar-refractivity contribution < 1.29 is 5.11 Å². The van der Waals surface area contributed by atoms with Gasteiger partial charge in [0, 0.05) is 30.2 Å². The lowest BCUT2D eigenvalue weighted by Gasteiger charge is -2.27. The van der Waals surface area contributed by atoms with Crippen LogP contribution in [0.25, 0.3) is 21.3 Å². The van der Waals surface area contributed by atoms with E-state index < -0.39 is 0 Å². The summed E-state index contributed by atoms with van der Waals surface area (Å²) in [6.07, 6.45) is 10.8. The van der Waals surface area contributed by atoms with E-state index in [0.717, 1.165) is 69.4 Å². The Bertz CT molecular complexity index is 1410. The lowest BCUT2D eigenvalue weighted by atomic mass is 9.93. The molecule has 10 heteroatoms. The first-order valence-electron chi connectivity index (χ1n) is 11.8. The van der Waals surface area contributed by atoms with Gasteiger partial charge < -0.3 is 15.7 Å². The molecule has 0 unspecified atom stereocenters. The molecule has 178 valence electrons. The van der Waals surface area contributed by atoms with Gasteiger partial charge in [0.15, 0.2) is 5.13 Å². The lowest BCUT2D eigenvalue weighted by molar-refractivity contribution is 0.126. The highest BCUT2D eigenvalue weighted by Crippen LogP contribution is 2.32. The van der Waals surface area contributed by atoms with E-state index in [1.807, 2.05) is 41.5 Å². The smallest absolute Gasteiger partial charge is 0.189 e. The highest BCUT2D eigenvalue weighted by atomic mass is 32.1. The molecular weight excluding hydrogens is 460 g/mol. The van der Waals surface area contributed by atoms with Crippen molar-refractivity contribution in [3.63, 3.8) is 0 Å². The fraction of sp³-hybridized carbons (Fsp3) is 0.280. The van der Waals surface area contributed by atoms with Crippen LogP contribution in [0.4, 0.5) is 16.8 Å². The van der Waals surface area contributed by atoms with E-state index >= 15 is 0 Å². The largest absolute Gasteiger partial charge is 0.393 e. The first-order valence-corrected chi connectivity index (χ1v) is 12.6. The fourth-order valence-electron chi connectivity index (χ4n) is 4.50. The molecule has 1 fully saturated rings. The molecule has 4 heterocycles. The van der Waals surface area contributed by atoms with Gasteiger partial charge in [-0.2, -0.15) is 10.2 Å². The Balaban J connectivity index is 1.27. The number of H-pyrrole nitrogens is 1. The summed E-state index contributed by atoms with van der Waals surface area (Å²) in [5.41, 5.74) is 4.18. The van der Waals surface area contributed by atoms with Gasteiger partial charge in [0.2, 0.25) is 0 Å². The van der Waals surface area contributed by atoms with Crippen LogP contribution in [-0.2, 0) is 6.54 Å². The number of aliphatic hydroxyl groups excluding tert-OH is 1. The van der Waals surface area contributed by atoms with E-state index in [1.54, 1.807) is 17.5 Å². The summed E-state index contributed by atoms with van der Waals surface area (Å²) in [6, 6.07) is 12.6. The fourth-order valence-corrected chi connectivity index (χ4v) is 5.41. The van der Waals surface area contributed by atoms with E-state index in [2.05, 4.69) is 44.1 Å². The van der Waals surface area contributed by atoms with E-state index in [1.165, 1.54) is 0 Å². The molecule has 0 spiro atoms. The van der Waals surface area contributed by atoms with Gasteiger partial charge in [0.1, 0.15) is 11.6 Å². The van der Waals surface area contributed by atoms with Gasteiger partial charge in [0.05, 0.1) is 29.1 Å². The van der Waals surface area contributed by atoms with Crippen molar-refractivity contribution in [2.45, 2.75) is 44.4 Å². The highest BCUT2D eigenvalue weighted by molar-refractivity contribution is 7.22. The molecule has 1 saturated carbocycles. The maximum Gasteiger partial charge on any atom is 0.189 e. The number of nitrogens with one attached hydrogen (secondary N) is 3. The summed E-state index contributed by atoms with van der Waals surface area (Å²) in [6.45, 7) is 0.649. The second-order valence-electron chi connectivity index (χ2n) is 8.91. The van der Waals surface area contributed by atoms with Crippen LogP contribution >= 0.6 is 11.3 Å². The Hall–Kier alpha value is -3.76. The zero-order chi connectivity index (χ0) is 23.6. The Morgan fingerprint density at radius 3 is 2.74 bits per heavy atom. The maximum atomic E-state index is 9.85. The number of rotatable bonds is 7. The van der Waals surface area contributed by atoms with Crippen molar-refractivity contribution in [3.05, 3.63) is 66.7 Å².